The number of aromatic nitrogens is 1. The third kappa shape index (κ3) is 4.10. The van der Waals surface area contributed by atoms with E-state index >= 15 is 0 Å². The Bertz CT molecular complexity index is 1470. The molecule has 35 heavy (non-hydrogen) atoms. The summed E-state index contributed by atoms with van der Waals surface area (Å²) in [5.74, 6) is -0.606. The van der Waals surface area contributed by atoms with Crippen LogP contribution in [0.15, 0.2) is 71.7 Å². The summed E-state index contributed by atoms with van der Waals surface area (Å²) in [6.45, 7) is 0.668. The van der Waals surface area contributed by atoms with Crippen molar-refractivity contribution >= 4 is 39.9 Å². The van der Waals surface area contributed by atoms with Crippen LogP contribution in [0, 0.1) is 0 Å². The molecule has 1 aliphatic rings. The van der Waals surface area contributed by atoms with Gasteiger partial charge in [0.2, 0.25) is 5.91 Å². The van der Waals surface area contributed by atoms with Gasteiger partial charge in [0.15, 0.2) is 5.88 Å². The first kappa shape index (κ1) is 22.2. The molecule has 1 saturated heterocycles. The van der Waals surface area contributed by atoms with Crippen LogP contribution in [-0.2, 0) is 4.79 Å². The van der Waals surface area contributed by atoms with Gasteiger partial charge in [-0.1, -0.05) is 36.4 Å². The normalized spacial score (nSPS) is 14.0. The predicted octanol–water partition coefficient (Wildman–Crippen LogP) is 4.88. The van der Waals surface area contributed by atoms with Gasteiger partial charge in [0.25, 0.3) is 0 Å². The monoisotopic (exact) mass is 469 g/mol. The molecule has 1 aliphatic heterocycles. The van der Waals surface area contributed by atoms with Crippen LogP contribution in [0.3, 0.4) is 0 Å². The largest absolute Gasteiger partial charge is 0.494 e. The third-order valence-electron chi connectivity index (χ3n) is 6.09. The number of aromatic hydroxyl groups is 1. The fourth-order valence-electron chi connectivity index (χ4n) is 4.39. The molecule has 2 heterocycles. The summed E-state index contributed by atoms with van der Waals surface area (Å²) in [6, 6.07) is 19.4. The summed E-state index contributed by atoms with van der Waals surface area (Å²) in [5.41, 5.74) is 3.56. The van der Waals surface area contributed by atoms with Crippen molar-refractivity contribution in [3.05, 3.63) is 83.4 Å². The second-order valence-electron chi connectivity index (χ2n) is 8.25. The summed E-state index contributed by atoms with van der Waals surface area (Å²) in [4.78, 5) is 33.1. The average molecular weight is 469 g/mol. The van der Waals surface area contributed by atoms with Crippen molar-refractivity contribution in [2.45, 2.75) is 12.8 Å². The second-order valence-corrected chi connectivity index (χ2v) is 8.25. The zero-order valence-corrected chi connectivity index (χ0v) is 19.0. The number of hydrogen-bond acceptors (Lipinski definition) is 5. The minimum atomic E-state index is -1.05. The number of methoxy groups -OCH3 is 1. The van der Waals surface area contributed by atoms with Crippen LogP contribution in [0.4, 0.5) is 11.4 Å². The molecule has 1 aromatic heterocycles. The number of ether oxygens (including phenoxy) is 1. The quantitative estimate of drug-likeness (QED) is 0.348. The number of nitrogens with zero attached hydrogens (tertiary/aromatic N) is 2. The Kier molecular flexibility index (Phi) is 5.70. The van der Waals surface area contributed by atoms with Crippen molar-refractivity contribution in [2.24, 2.45) is 4.99 Å². The fourth-order valence-corrected chi connectivity index (χ4v) is 4.39. The van der Waals surface area contributed by atoms with Crippen molar-refractivity contribution in [3.63, 3.8) is 0 Å². The number of aliphatic imine (C=N–C) groups is 1. The lowest BCUT2D eigenvalue weighted by Crippen LogP contribution is -2.23. The van der Waals surface area contributed by atoms with E-state index in [2.05, 4.69) is 4.98 Å². The maximum atomic E-state index is 12.2. The van der Waals surface area contributed by atoms with Crippen LogP contribution in [0.5, 0.6) is 11.6 Å². The lowest BCUT2D eigenvalue weighted by Gasteiger charge is -2.17. The molecule has 0 unspecified atom stereocenters. The lowest BCUT2D eigenvalue weighted by molar-refractivity contribution is -0.117. The Morgan fingerprint density at radius 1 is 1.06 bits per heavy atom. The van der Waals surface area contributed by atoms with Crippen molar-refractivity contribution in [2.75, 3.05) is 18.6 Å². The van der Waals surface area contributed by atoms with Crippen LogP contribution < -0.4 is 9.64 Å². The van der Waals surface area contributed by atoms with E-state index in [1.165, 1.54) is 12.1 Å². The van der Waals surface area contributed by atoms with Gasteiger partial charge < -0.3 is 24.8 Å². The van der Waals surface area contributed by atoms with Gasteiger partial charge in [-0.2, -0.15) is 0 Å². The minimum Gasteiger partial charge on any atom is -0.494 e. The van der Waals surface area contributed by atoms with E-state index in [0.29, 0.717) is 46.6 Å². The summed E-state index contributed by atoms with van der Waals surface area (Å²) in [6.07, 6.45) is 1.35. The number of carboxylic acids is 1. The molecule has 1 amide bonds. The van der Waals surface area contributed by atoms with Crippen LogP contribution in [-0.4, -0.2) is 46.4 Å². The highest BCUT2D eigenvalue weighted by Crippen LogP contribution is 2.37. The maximum Gasteiger partial charge on any atom is 0.335 e. The van der Waals surface area contributed by atoms with E-state index in [-0.39, 0.29) is 17.4 Å². The number of nitrogens with one attached hydrogen (secondary N) is 1. The first-order valence-electron chi connectivity index (χ1n) is 11.2. The number of carboxylic acid groups (broad SMARTS) is 1. The van der Waals surface area contributed by atoms with Gasteiger partial charge in [0, 0.05) is 41.2 Å². The molecule has 8 nitrogen and oxygen atoms in total. The van der Waals surface area contributed by atoms with Gasteiger partial charge in [-0.15, -0.1) is 0 Å². The standard InChI is InChI=1S/C27H23N3O5/c1-35-22-15-18(30-13-5-8-23(30)31)10-12-20(22)28-25(16-6-3-2-4-7-16)24-19-11-9-17(27(33)34)14-21(19)29-26(24)32/h2-4,6-7,9-12,14-15,29,32H,5,8,13H2,1H3,(H,33,34). The van der Waals surface area contributed by atoms with E-state index in [4.69, 9.17) is 9.73 Å². The first-order valence-corrected chi connectivity index (χ1v) is 11.2. The van der Waals surface area contributed by atoms with E-state index in [1.807, 2.05) is 36.4 Å². The average Bonchev–Trinajstić information content (AvgIpc) is 3.44. The number of benzene rings is 3. The molecular weight excluding hydrogens is 446 g/mol. The van der Waals surface area contributed by atoms with Gasteiger partial charge in [-0.25, -0.2) is 9.79 Å². The highest BCUT2D eigenvalue weighted by molar-refractivity contribution is 6.22. The highest BCUT2D eigenvalue weighted by atomic mass is 16.5. The Labute approximate surface area is 201 Å². The first-order chi connectivity index (χ1) is 17.0. The molecule has 0 bridgehead atoms. The van der Waals surface area contributed by atoms with E-state index < -0.39 is 5.97 Å². The maximum absolute atomic E-state index is 12.2. The summed E-state index contributed by atoms with van der Waals surface area (Å²) < 4.78 is 5.61. The van der Waals surface area contributed by atoms with E-state index in [9.17, 15) is 19.8 Å². The zero-order chi connectivity index (χ0) is 24.5. The molecule has 3 N–H and O–H groups in total. The van der Waals surface area contributed by atoms with Crippen LogP contribution in [0.2, 0.25) is 0 Å². The fraction of sp³-hybridized carbons (Fsp3) is 0.148. The molecule has 5 rings (SSSR count). The van der Waals surface area contributed by atoms with Crippen molar-refractivity contribution < 1.29 is 24.5 Å². The Morgan fingerprint density at radius 2 is 1.86 bits per heavy atom. The summed E-state index contributed by atoms with van der Waals surface area (Å²) >= 11 is 0. The number of hydrogen-bond donors (Lipinski definition) is 3. The molecule has 0 atom stereocenters. The van der Waals surface area contributed by atoms with E-state index in [0.717, 1.165) is 17.7 Å². The SMILES string of the molecule is COc1cc(N2CCCC2=O)ccc1N=C(c1ccccc1)c1c(O)[nH]c2cc(C(=O)O)ccc12. The molecule has 0 saturated carbocycles. The Balaban J connectivity index is 1.68. The molecule has 176 valence electrons. The second kappa shape index (κ2) is 8.98. The number of amides is 1. The van der Waals surface area contributed by atoms with Crippen molar-refractivity contribution in [1.82, 2.24) is 4.98 Å². The number of aromatic carboxylic acids is 1. The highest BCUT2D eigenvalue weighted by Gasteiger charge is 2.24. The van der Waals surface area contributed by atoms with Gasteiger partial charge in [-0.3, -0.25) is 4.79 Å². The third-order valence-corrected chi connectivity index (χ3v) is 6.09. The molecule has 1 fully saturated rings. The number of carbonyl (C=O) groups excluding carboxylic acids is 1. The van der Waals surface area contributed by atoms with Crippen molar-refractivity contribution in [1.29, 1.82) is 0 Å². The smallest absolute Gasteiger partial charge is 0.335 e. The number of H-pyrrole nitrogens is 1. The van der Waals surface area contributed by atoms with Gasteiger partial charge in [0.1, 0.15) is 11.4 Å². The summed E-state index contributed by atoms with van der Waals surface area (Å²) in [7, 11) is 1.54. The zero-order valence-electron chi connectivity index (χ0n) is 19.0. The predicted molar refractivity (Wildman–Crippen MR) is 133 cm³/mol. The minimum absolute atomic E-state index is 0.0812. The number of carbonyl (C=O) groups is 2. The number of rotatable bonds is 6. The molecular formula is C27H23N3O5. The van der Waals surface area contributed by atoms with Crippen LogP contribution >= 0.6 is 0 Å². The molecule has 3 aromatic carbocycles. The number of fused-ring (bicyclic) bond motifs is 1. The van der Waals surface area contributed by atoms with Gasteiger partial charge in [-0.05, 0) is 30.7 Å². The van der Waals surface area contributed by atoms with Crippen LogP contribution in [0.1, 0.15) is 34.3 Å². The van der Waals surface area contributed by atoms with Gasteiger partial charge in [0.05, 0.1) is 23.9 Å². The summed E-state index contributed by atoms with van der Waals surface area (Å²) in [5, 5.41) is 20.8. The van der Waals surface area contributed by atoms with E-state index in [1.54, 1.807) is 30.2 Å². The topological polar surface area (TPSA) is 115 Å². The lowest BCUT2D eigenvalue weighted by atomic mass is 10.00. The Hall–Kier alpha value is -4.59. The molecule has 0 aliphatic carbocycles. The Morgan fingerprint density at radius 3 is 2.54 bits per heavy atom. The number of anilines is 1. The van der Waals surface area contributed by atoms with Gasteiger partial charge >= 0.3 is 5.97 Å². The number of aromatic amines is 1. The molecule has 4 aromatic rings. The molecule has 0 spiro atoms. The molecule has 0 radical (unpaired) electrons. The van der Waals surface area contributed by atoms with Crippen LogP contribution in [0.25, 0.3) is 10.9 Å². The molecule has 8 heteroatoms. The van der Waals surface area contributed by atoms with Crippen molar-refractivity contribution in [3.8, 4) is 11.6 Å².